The molecule has 1 amide bonds. The summed E-state index contributed by atoms with van der Waals surface area (Å²) in [4.78, 5) is 27.2. The number of nitrogens with zero attached hydrogens (tertiary/aromatic N) is 4. The second-order valence-electron chi connectivity index (χ2n) is 7.49. The van der Waals surface area contributed by atoms with Crippen LogP contribution in [0.4, 0.5) is 0 Å². The van der Waals surface area contributed by atoms with Gasteiger partial charge in [0, 0.05) is 30.2 Å². The molecule has 1 aliphatic rings. The Hall–Kier alpha value is -2.70. The van der Waals surface area contributed by atoms with Crippen LogP contribution in [0.5, 0.6) is 0 Å². The fourth-order valence-corrected chi connectivity index (χ4v) is 3.72. The van der Waals surface area contributed by atoms with Gasteiger partial charge in [-0.1, -0.05) is 31.8 Å². The minimum absolute atomic E-state index is 0.0996. The highest BCUT2D eigenvalue weighted by molar-refractivity contribution is 5.87. The van der Waals surface area contributed by atoms with E-state index >= 15 is 0 Å². The zero-order valence-corrected chi connectivity index (χ0v) is 15.8. The third-order valence-corrected chi connectivity index (χ3v) is 5.20. The average molecular weight is 367 g/mol. The summed E-state index contributed by atoms with van der Waals surface area (Å²) in [6.45, 7) is 4.78. The van der Waals surface area contributed by atoms with Crippen LogP contribution in [-0.2, 0) is 11.2 Å². The first-order valence-electron chi connectivity index (χ1n) is 9.67. The first-order chi connectivity index (χ1) is 13.1. The van der Waals surface area contributed by atoms with Crippen LogP contribution in [0.25, 0.3) is 11.0 Å². The van der Waals surface area contributed by atoms with E-state index in [9.17, 15) is 4.79 Å². The van der Waals surface area contributed by atoms with Gasteiger partial charge in [-0.05, 0) is 30.5 Å². The maximum absolute atomic E-state index is 13.2. The van der Waals surface area contributed by atoms with Crippen LogP contribution in [-0.4, -0.2) is 37.5 Å². The summed E-state index contributed by atoms with van der Waals surface area (Å²) in [5.41, 5.74) is 1.79. The van der Waals surface area contributed by atoms with Crippen LogP contribution in [0, 0.1) is 0 Å². The third kappa shape index (κ3) is 3.59. The summed E-state index contributed by atoms with van der Waals surface area (Å²) < 4.78 is 5.40. The van der Waals surface area contributed by atoms with Crippen molar-refractivity contribution in [2.75, 3.05) is 6.54 Å². The molecule has 1 fully saturated rings. The van der Waals surface area contributed by atoms with Crippen molar-refractivity contribution in [1.82, 2.24) is 25.0 Å². The van der Waals surface area contributed by atoms with Crippen molar-refractivity contribution in [3.63, 3.8) is 0 Å². The van der Waals surface area contributed by atoms with E-state index in [2.05, 4.69) is 20.1 Å². The van der Waals surface area contributed by atoms with Crippen molar-refractivity contribution >= 4 is 16.9 Å². The van der Waals surface area contributed by atoms with E-state index < -0.39 is 0 Å². The van der Waals surface area contributed by atoms with Gasteiger partial charge in [-0.3, -0.25) is 4.79 Å². The molecule has 0 aliphatic carbocycles. The molecule has 0 spiro atoms. The Morgan fingerprint density at radius 1 is 1.37 bits per heavy atom. The summed E-state index contributed by atoms with van der Waals surface area (Å²) in [5.74, 6) is 1.54. The molecule has 0 bridgehead atoms. The van der Waals surface area contributed by atoms with Crippen LogP contribution in [0.2, 0.25) is 0 Å². The first-order valence-corrected chi connectivity index (χ1v) is 9.67. The highest BCUT2D eigenvalue weighted by Crippen LogP contribution is 2.30. The topological polar surface area (TPSA) is 87.9 Å². The molecule has 1 saturated heterocycles. The van der Waals surface area contributed by atoms with Gasteiger partial charge >= 0.3 is 0 Å². The van der Waals surface area contributed by atoms with Crippen molar-refractivity contribution < 1.29 is 9.32 Å². The lowest BCUT2D eigenvalue weighted by molar-refractivity contribution is -0.133. The molecular formula is C20H25N5O2. The van der Waals surface area contributed by atoms with Crippen LogP contribution in [0.1, 0.15) is 68.8 Å². The van der Waals surface area contributed by atoms with Crippen molar-refractivity contribution in [3.8, 4) is 0 Å². The Labute approximate surface area is 158 Å². The van der Waals surface area contributed by atoms with Crippen LogP contribution in [0.3, 0.4) is 0 Å². The summed E-state index contributed by atoms with van der Waals surface area (Å²) in [5, 5.41) is 5.19. The van der Waals surface area contributed by atoms with E-state index in [1.807, 2.05) is 37.1 Å². The molecule has 7 heteroatoms. The molecule has 1 atom stereocenters. The van der Waals surface area contributed by atoms with Gasteiger partial charge in [-0.15, -0.1) is 0 Å². The van der Waals surface area contributed by atoms with Gasteiger partial charge in [0.2, 0.25) is 11.8 Å². The minimum Gasteiger partial charge on any atom is -0.346 e. The molecule has 142 valence electrons. The van der Waals surface area contributed by atoms with Crippen LogP contribution in [0.15, 0.2) is 29.0 Å². The van der Waals surface area contributed by atoms with Crippen molar-refractivity contribution in [2.24, 2.45) is 0 Å². The van der Waals surface area contributed by atoms with E-state index in [0.717, 1.165) is 48.8 Å². The number of fused-ring (bicyclic) bond motifs is 1. The van der Waals surface area contributed by atoms with E-state index in [1.54, 1.807) is 6.20 Å². The number of nitrogens with one attached hydrogen (secondary N) is 1. The standard InChI is InChI=1S/C20H25N5O2/c1-13(2)20-23-19(24-27-20)16-8-4-3-5-10-25(16)17(26)11-14-12-22-18-15(14)7-6-9-21-18/h6-7,9,12-13,16H,3-5,8,10-11H2,1-2H3,(H,21,22)/t16-/m0/s1. The van der Waals surface area contributed by atoms with Crippen molar-refractivity contribution in [2.45, 2.75) is 57.9 Å². The number of H-pyrrole nitrogens is 1. The molecule has 3 aromatic rings. The number of carbonyl (C=O) groups excluding carboxylic acids is 1. The molecule has 3 aromatic heterocycles. The Balaban J connectivity index is 1.58. The molecule has 1 aliphatic heterocycles. The predicted octanol–water partition coefficient (Wildman–Crippen LogP) is 3.76. The normalized spacial score (nSPS) is 18.2. The number of amides is 1. The lowest BCUT2D eigenvalue weighted by atomic mass is 10.1. The van der Waals surface area contributed by atoms with Gasteiger partial charge in [0.05, 0.1) is 12.5 Å². The number of carbonyl (C=O) groups is 1. The molecule has 0 radical (unpaired) electrons. The Bertz CT molecular complexity index is 929. The minimum atomic E-state index is -0.111. The number of hydrogen-bond donors (Lipinski definition) is 1. The maximum atomic E-state index is 13.2. The Kier molecular flexibility index (Phi) is 4.92. The highest BCUT2D eigenvalue weighted by atomic mass is 16.5. The van der Waals surface area contributed by atoms with Gasteiger partial charge in [0.25, 0.3) is 0 Å². The Morgan fingerprint density at radius 2 is 2.26 bits per heavy atom. The molecule has 7 nitrogen and oxygen atoms in total. The van der Waals surface area contributed by atoms with Gasteiger partial charge in [-0.2, -0.15) is 4.98 Å². The summed E-state index contributed by atoms with van der Waals surface area (Å²) in [7, 11) is 0. The Morgan fingerprint density at radius 3 is 3.07 bits per heavy atom. The quantitative estimate of drug-likeness (QED) is 0.758. The number of likely N-dealkylation sites (tertiary alicyclic amines) is 1. The van der Waals surface area contributed by atoms with E-state index in [-0.39, 0.29) is 17.9 Å². The van der Waals surface area contributed by atoms with Crippen molar-refractivity contribution in [3.05, 3.63) is 41.8 Å². The van der Waals surface area contributed by atoms with Gasteiger partial charge < -0.3 is 14.4 Å². The van der Waals surface area contributed by atoms with Gasteiger partial charge in [0.1, 0.15) is 5.65 Å². The SMILES string of the molecule is CC(C)c1nc([C@@H]2CCCCCN2C(=O)Cc2c[nH]c3ncccc23)no1. The fourth-order valence-electron chi connectivity index (χ4n) is 3.72. The monoisotopic (exact) mass is 367 g/mol. The average Bonchev–Trinajstić information content (AvgIpc) is 3.23. The summed E-state index contributed by atoms with van der Waals surface area (Å²) in [6.07, 6.45) is 8.04. The number of hydrogen-bond acceptors (Lipinski definition) is 5. The smallest absolute Gasteiger partial charge is 0.229 e. The molecule has 0 unspecified atom stereocenters. The molecule has 4 heterocycles. The fraction of sp³-hybridized carbons (Fsp3) is 0.500. The van der Waals surface area contributed by atoms with E-state index in [1.165, 1.54) is 0 Å². The molecule has 0 saturated carbocycles. The van der Waals surface area contributed by atoms with Gasteiger partial charge in [0.15, 0.2) is 5.82 Å². The summed E-state index contributed by atoms with van der Waals surface area (Å²) >= 11 is 0. The van der Waals surface area contributed by atoms with E-state index in [4.69, 9.17) is 4.52 Å². The zero-order chi connectivity index (χ0) is 18.8. The lowest BCUT2D eigenvalue weighted by Gasteiger charge is -2.27. The lowest BCUT2D eigenvalue weighted by Crippen LogP contribution is -2.36. The van der Waals surface area contributed by atoms with E-state index in [0.29, 0.717) is 18.1 Å². The largest absolute Gasteiger partial charge is 0.346 e. The second kappa shape index (κ2) is 7.50. The predicted molar refractivity (Wildman–Crippen MR) is 101 cm³/mol. The third-order valence-electron chi connectivity index (χ3n) is 5.20. The number of aromatic amines is 1. The first kappa shape index (κ1) is 17.7. The molecule has 27 heavy (non-hydrogen) atoms. The zero-order valence-electron chi connectivity index (χ0n) is 15.8. The molecular weight excluding hydrogens is 342 g/mol. The maximum Gasteiger partial charge on any atom is 0.229 e. The number of aromatic nitrogens is 4. The summed E-state index contributed by atoms with van der Waals surface area (Å²) in [6, 6.07) is 3.78. The van der Waals surface area contributed by atoms with Gasteiger partial charge in [-0.25, -0.2) is 4.98 Å². The van der Waals surface area contributed by atoms with Crippen molar-refractivity contribution in [1.29, 1.82) is 0 Å². The molecule has 4 rings (SSSR count). The van der Waals surface area contributed by atoms with Crippen LogP contribution >= 0.6 is 0 Å². The molecule has 1 N–H and O–H groups in total. The highest BCUT2D eigenvalue weighted by Gasteiger charge is 2.31. The molecule has 0 aromatic carbocycles. The number of rotatable bonds is 4. The second-order valence-corrected chi connectivity index (χ2v) is 7.49. The number of pyridine rings is 1. The van der Waals surface area contributed by atoms with Crippen LogP contribution < -0.4 is 0 Å².